The Morgan fingerprint density at radius 1 is 1.28 bits per heavy atom. The molecule has 1 N–H and O–H groups in total. The summed E-state index contributed by atoms with van der Waals surface area (Å²) in [5, 5.41) is 12.8. The maximum Gasteiger partial charge on any atom is 0.222 e. The van der Waals surface area contributed by atoms with Crippen molar-refractivity contribution in [2.24, 2.45) is 5.92 Å². The topological polar surface area (TPSA) is 66.6 Å². The van der Waals surface area contributed by atoms with Crippen LogP contribution in [-0.2, 0) is 11.2 Å². The minimum atomic E-state index is -0.301. The Labute approximate surface area is 146 Å². The van der Waals surface area contributed by atoms with Crippen LogP contribution < -0.4 is 0 Å². The highest BCUT2D eigenvalue weighted by Crippen LogP contribution is 2.26. The number of carbonyl (C=O) groups excluding carboxylic acids is 1. The van der Waals surface area contributed by atoms with Gasteiger partial charge in [-0.2, -0.15) is 0 Å². The van der Waals surface area contributed by atoms with Gasteiger partial charge in [0, 0.05) is 37.2 Å². The van der Waals surface area contributed by atoms with Crippen LogP contribution in [0.15, 0.2) is 35.0 Å². The first-order valence-corrected chi connectivity index (χ1v) is 8.75. The zero-order chi connectivity index (χ0) is 17.6. The van der Waals surface area contributed by atoms with Crippen molar-refractivity contribution < 1.29 is 18.8 Å². The average molecular weight is 346 g/mol. The number of nitrogens with zero attached hydrogens (tertiary/aromatic N) is 2. The SMILES string of the molecule is O=C(CCc1cnoc1-c1ccc(F)cc1)N1CCC(CCO)CC1. The molecule has 0 spiro atoms. The number of aliphatic hydroxyl groups is 1. The molecule has 0 bridgehead atoms. The molecule has 1 amide bonds. The van der Waals surface area contributed by atoms with Gasteiger partial charge in [0.15, 0.2) is 5.76 Å². The fraction of sp³-hybridized carbons (Fsp3) is 0.474. The van der Waals surface area contributed by atoms with E-state index in [0.717, 1.165) is 43.5 Å². The number of hydrogen-bond donors (Lipinski definition) is 1. The van der Waals surface area contributed by atoms with E-state index in [1.807, 2.05) is 4.90 Å². The van der Waals surface area contributed by atoms with Gasteiger partial charge in [-0.25, -0.2) is 4.39 Å². The second-order valence-corrected chi connectivity index (χ2v) is 6.52. The van der Waals surface area contributed by atoms with Gasteiger partial charge in [-0.05, 0) is 55.9 Å². The maximum atomic E-state index is 13.1. The van der Waals surface area contributed by atoms with Crippen molar-refractivity contribution in [2.75, 3.05) is 19.7 Å². The molecule has 5 nitrogen and oxygen atoms in total. The molecule has 0 unspecified atom stereocenters. The third kappa shape index (κ3) is 4.45. The third-order valence-corrected chi connectivity index (χ3v) is 4.86. The zero-order valence-corrected chi connectivity index (χ0v) is 14.2. The number of aryl methyl sites for hydroxylation is 1. The fourth-order valence-electron chi connectivity index (χ4n) is 3.33. The van der Waals surface area contributed by atoms with E-state index in [1.165, 1.54) is 12.1 Å². The van der Waals surface area contributed by atoms with Crippen LogP contribution in [0.3, 0.4) is 0 Å². The Balaban J connectivity index is 1.55. The molecule has 1 aromatic heterocycles. The predicted octanol–water partition coefficient (Wildman–Crippen LogP) is 3.03. The molecule has 1 saturated heterocycles. The Hall–Kier alpha value is -2.21. The van der Waals surface area contributed by atoms with E-state index in [-0.39, 0.29) is 18.3 Å². The molecule has 2 aromatic rings. The first-order valence-electron chi connectivity index (χ1n) is 8.75. The lowest BCUT2D eigenvalue weighted by Crippen LogP contribution is -2.38. The standard InChI is InChI=1S/C19H23FN2O3/c20-17-4-1-15(2-5-17)19-16(13-21-25-19)3-6-18(24)22-10-7-14(8-11-22)9-12-23/h1-2,4-5,13-14,23H,3,6-12H2. The Bertz CT molecular complexity index is 691. The molecule has 134 valence electrons. The van der Waals surface area contributed by atoms with Crippen molar-refractivity contribution >= 4 is 5.91 Å². The van der Waals surface area contributed by atoms with E-state index in [9.17, 15) is 9.18 Å². The zero-order valence-electron chi connectivity index (χ0n) is 14.2. The van der Waals surface area contributed by atoms with Gasteiger partial charge >= 0.3 is 0 Å². The highest BCUT2D eigenvalue weighted by Gasteiger charge is 2.22. The van der Waals surface area contributed by atoms with Crippen LogP contribution in [0.4, 0.5) is 4.39 Å². The number of halogens is 1. The molecule has 2 heterocycles. The number of likely N-dealkylation sites (tertiary alicyclic amines) is 1. The Morgan fingerprint density at radius 3 is 2.68 bits per heavy atom. The molecule has 0 radical (unpaired) electrons. The predicted molar refractivity (Wildman–Crippen MR) is 91.2 cm³/mol. The van der Waals surface area contributed by atoms with Crippen LogP contribution in [0.1, 0.15) is 31.2 Å². The fourth-order valence-corrected chi connectivity index (χ4v) is 3.33. The summed E-state index contributed by atoms with van der Waals surface area (Å²) >= 11 is 0. The van der Waals surface area contributed by atoms with Crippen molar-refractivity contribution in [1.29, 1.82) is 0 Å². The molecule has 0 aliphatic carbocycles. The van der Waals surface area contributed by atoms with Gasteiger partial charge in [0.2, 0.25) is 5.91 Å². The van der Waals surface area contributed by atoms with Crippen molar-refractivity contribution in [3.05, 3.63) is 41.8 Å². The van der Waals surface area contributed by atoms with E-state index < -0.39 is 0 Å². The molecule has 1 aliphatic heterocycles. The highest BCUT2D eigenvalue weighted by atomic mass is 19.1. The normalized spacial score (nSPS) is 15.5. The van der Waals surface area contributed by atoms with Gasteiger partial charge in [0.25, 0.3) is 0 Å². The lowest BCUT2D eigenvalue weighted by Gasteiger charge is -2.31. The molecular formula is C19H23FN2O3. The number of amides is 1. The second kappa shape index (κ2) is 8.25. The largest absolute Gasteiger partial charge is 0.396 e. The molecule has 0 atom stereocenters. The number of benzene rings is 1. The first kappa shape index (κ1) is 17.6. The molecule has 3 rings (SSSR count). The molecule has 0 saturated carbocycles. The third-order valence-electron chi connectivity index (χ3n) is 4.86. The summed E-state index contributed by atoms with van der Waals surface area (Å²) in [6, 6.07) is 6.05. The van der Waals surface area contributed by atoms with E-state index >= 15 is 0 Å². The summed E-state index contributed by atoms with van der Waals surface area (Å²) in [4.78, 5) is 14.3. The van der Waals surface area contributed by atoms with Crippen molar-refractivity contribution in [3.8, 4) is 11.3 Å². The molecule has 1 fully saturated rings. The first-order chi connectivity index (χ1) is 12.2. The van der Waals surface area contributed by atoms with Gasteiger partial charge in [-0.1, -0.05) is 5.16 Å². The van der Waals surface area contributed by atoms with Crippen molar-refractivity contribution in [2.45, 2.75) is 32.1 Å². The van der Waals surface area contributed by atoms with Crippen LogP contribution in [0, 0.1) is 11.7 Å². The quantitative estimate of drug-likeness (QED) is 0.873. The number of carbonyl (C=O) groups is 1. The Morgan fingerprint density at radius 2 is 2.00 bits per heavy atom. The number of aliphatic hydroxyl groups excluding tert-OH is 1. The van der Waals surface area contributed by atoms with Crippen LogP contribution >= 0.6 is 0 Å². The van der Waals surface area contributed by atoms with Crippen molar-refractivity contribution in [3.63, 3.8) is 0 Å². The van der Waals surface area contributed by atoms with E-state index in [0.29, 0.717) is 24.5 Å². The summed E-state index contributed by atoms with van der Waals surface area (Å²) in [5.41, 5.74) is 1.61. The molecule has 1 aromatic carbocycles. The number of rotatable bonds is 6. The van der Waals surface area contributed by atoms with E-state index in [2.05, 4.69) is 5.16 Å². The van der Waals surface area contributed by atoms with Gasteiger partial charge in [0.05, 0.1) is 6.20 Å². The minimum Gasteiger partial charge on any atom is -0.396 e. The summed E-state index contributed by atoms with van der Waals surface area (Å²) in [6.45, 7) is 1.74. The molecule has 6 heteroatoms. The van der Waals surface area contributed by atoms with Crippen LogP contribution in [0.25, 0.3) is 11.3 Å². The lowest BCUT2D eigenvalue weighted by atomic mass is 9.93. The van der Waals surface area contributed by atoms with Gasteiger partial charge in [-0.15, -0.1) is 0 Å². The van der Waals surface area contributed by atoms with Crippen LogP contribution in [0.2, 0.25) is 0 Å². The van der Waals surface area contributed by atoms with Gasteiger partial charge in [0.1, 0.15) is 5.82 Å². The van der Waals surface area contributed by atoms with Crippen LogP contribution in [-0.4, -0.2) is 40.8 Å². The van der Waals surface area contributed by atoms with Crippen LogP contribution in [0.5, 0.6) is 0 Å². The average Bonchev–Trinajstić information content (AvgIpc) is 3.10. The summed E-state index contributed by atoms with van der Waals surface area (Å²) in [5.74, 6) is 0.949. The monoisotopic (exact) mass is 346 g/mol. The van der Waals surface area contributed by atoms with Gasteiger partial charge < -0.3 is 14.5 Å². The van der Waals surface area contributed by atoms with E-state index in [4.69, 9.17) is 9.63 Å². The molecular weight excluding hydrogens is 323 g/mol. The second-order valence-electron chi connectivity index (χ2n) is 6.52. The number of hydrogen-bond acceptors (Lipinski definition) is 4. The number of aromatic nitrogens is 1. The minimum absolute atomic E-state index is 0.133. The molecule has 1 aliphatic rings. The maximum absolute atomic E-state index is 13.1. The van der Waals surface area contributed by atoms with Gasteiger partial charge in [-0.3, -0.25) is 4.79 Å². The summed E-state index contributed by atoms with van der Waals surface area (Å²) in [7, 11) is 0. The summed E-state index contributed by atoms with van der Waals surface area (Å²) < 4.78 is 18.3. The lowest BCUT2D eigenvalue weighted by molar-refractivity contribution is -0.132. The highest BCUT2D eigenvalue weighted by molar-refractivity contribution is 5.77. The smallest absolute Gasteiger partial charge is 0.222 e. The summed E-state index contributed by atoms with van der Waals surface area (Å²) in [6.07, 6.45) is 5.32. The molecule has 25 heavy (non-hydrogen) atoms. The number of piperidine rings is 1. The van der Waals surface area contributed by atoms with E-state index in [1.54, 1.807) is 18.3 Å². The van der Waals surface area contributed by atoms with Crippen molar-refractivity contribution in [1.82, 2.24) is 10.1 Å². The Kier molecular flexibility index (Phi) is 5.81.